The maximum Gasteiger partial charge on any atom is 0.313 e. The standard InChI is InChI=1S/C11H19N3O3S/c1-11(2,3)4-5-14-8(6-15)12-13-10(14)18-7-9(16)17/h15H,4-7H2,1-3H3,(H,16,17). The average molecular weight is 273 g/mol. The van der Waals surface area contributed by atoms with Crippen LogP contribution in [0.4, 0.5) is 0 Å². The lowest BCUT2D eigenvalue weighted by Crippen LogP contribution is -2.13. The molecule has 0 amide bonds. The molecular formula is C11H19N3O3S. The molecule has 1 aromatic rings. The zero-order valence-corrected chi connectivity index (χ0v) is 11.7. The molecule has 0 atom stereocenters. The second-order valence-corrected chi connectivity index (χ2v) is 6.14. The lowest BCUT2D eigenvalue weighted by atomic mass is 9.92. The highest BCUT2D eigenvalue weighted by Crippen LogP contribution is 2.23. The molecule has 0 aliphatic carbocycles. The average Bonchev–Trinajstić information content (AvgIpc) is 2.64. The number of carbonyl (C=O) groups is 1. The van der Waals surface area contributed by atoms with Crippen molar-refractivity contribution in [3.05, 3.63) is 5.82 Å². The van der Waals surface area contributed by atoms with E-state index in [0.717, 1.165) is 18.2 Å². The van der Waals surface area contributed by atoms with Crippen LogP contribution < -0.4 is 0 Å². The van der Waals surface area contributed by atoms with Crippen LogP contribution in [0.25, 0.3) is 0 Å². The van der Waals surface area contributed by atoms with Crippen molar-refractivity contribution >= 4 is 17.7 Å². The van der Waals surface area contributed by atoms with Crippen molar-refractivity contribution in [2.24, 2.45) is 5.41 Å². The third-order valence-corrected chi connectivity index (χ3v) is 3.30. The monoisotopic (exact) mass is 273 g/mol. The summed E-state index contributed by atoms with van der Waals surface area (Å²) in [6.07, 6.45) is 0.901. The van der Waals surface area contributed by atoms with Gasteiger partial charge in [0.05, 0.1) is 5.75 Å². The van der Waals surface area contributed by atoms with Gasteiger partial charge in [-0.15, -0.1) is 10.2 Å². The number of aliphatic hydroxyl groups is 1. The highest BCUT2D eigenvalue weighted by atomic mass is 32.2. The van der Waals surface area contributed by atoms with Gasteiger partial charge in [0, 0.05) is 6.54 Å². The summed E-state index contributed by atoms with van der Waals surface area (Å²) >= 11 is 1.12. The Labute approximate surface area is 110 Å². The quantitative estimate of drug-likeness (QED) is 0.761. The van der Waals surface area contributed by atoms with E-state index in [2.05, 4.69) is 31.0 Å². The van der Waals surface area contributed by atoms with Crippen LogP contribution >= 0.6 is 11.8 Å². The Kier molecular flexibility index (Phi) is 5.15. The fourth-order valence-electron chi connectivity index (χ4n) is 1.34. The van der Waals surface area contributed by atoms with Crippen LogP contribution in [0.1, 0.15) is 33.0 Å². The number of nitrogens with zero attached hydrogens (tertiary/aromatic N) is 3. The van der Waals surface area contributed by atoms with Crippen LogP contribution in [0.15, 0.2) is 5.16 Å². The number of hydrogen-bond acceptors (Lipinski definition) is 5. The summed E-state index contributed by atoms with van der Waals surface area (Å²) in [4.78, 5) is 10.5. The summed E-state index contributed by atoms with van der Waals surface area (Å²) in [5.74, 6) is -0.470. The largest absolute Gasteiger partial charge is 0.481 e. The van der Waals surface area contributed by atoms with Gasteiger partial charge >= 0.3 is 5.97 Å². The van der Waals surface area contributed by atoms with E-state index in [1.54, 1.807) is 4.57 Å². The molecule has 1 aromatic heterocycles. The number of aliphatic hydroxyl groups excluding tert-OH is 1. The third kappa shape index (κ3) is 4.66. The molecule has 2 N–H and O–H groups in total. The van der Waals surface area contributed by atoms with Crippen molar-refractivity contribution in [3.8, 4) is 0 Å². The topological polar surface area (TPSA) is 88.2 Å². The van der Waals surface area contributed by atoms with Crippen molar-refractivity contribution in [2.45, 2.75) is 45.5 Å². The van der Waals surface area contributed by atoms with E-state index < -0.39 is 5.97 Å². The van der Waals surface area contributed by atoms with Gasteiger partial charge < -0.3 is 14.8 Å². The van der Waals surface area contributed by atoms with Gasteiger partial charge in [0.1, 0.15) is 6.61 Å². The molecular weight excluding hydrogens is 254 g/mol. The van der Waals surface area contributed by atoms with Crippen LogP contribution in [0.3, 0.4) is 0 Å². The van der Waals surface area contributed by atoms with E-state index >= 15 is 0 Å². The third-order valence-electron chi connectivity index (χ3n) is 2.35. The first-order valence-corrected chi connectivity index (χ1v) is 6.69. The number of rotatable bonds is 6. The maximum atomic E-state index is 10.5. The first kappa shape index (κ1) is 15.0. The van der Waals surface area contributed by atoms with Crippen LogP contribution in [-0.4, -0.2) is 36.7 Å². The van der Waals surface area contributed by atoms with Crippen molar-refractivity contribution < 1.29 is 15.0 Å². The smallest absolute Gasteiger partial charge is 0.313 e. The highest BCUT2D eigenvalue weighted by Gasteiger charge is 2.16. The Morgan fingerprint density at radius 1 is 1.39 bits per heavy atom. The Morgan fingerprint density at radius 3 is 2.56 bits per heavy atom. The van der Waals surface area contributed by atoms with E-state index in [4.69, 9.17) is 5.11 Å². The maximum absolute atomic E-state index is 10.5. The van der Waals surface area contributed by atoms with E-state index in [1.165, 1.54) is 0 Å². The van der Waals surface area contributed by atoms with Crippen molar-refractivity contribution in [3.63, 3.8) is 0 Å². The van der Waals surface area contributed by atoms with Gasteiger partial charge in [-0.25, -0.2) is 0 Å². The molecule has 18 heavy (non-hydrogen) atoms. The second-order valence-electron chi connectivity index (χ2n) is 5.20. The summed E-state index contributed by atoms with van der Waals surface area (Å²) in [5, 5.41) is 26.2. The summed E-state index contributed by atoms with van der Waals surface area (Å²) in [7, 11) is 0. The Balaban J connectivity index is 2.78. The lowest BCUT2D eigenvalue weighted by molar-refractivity contribution is -0.133. The van der Waals surface area contributed by atoms with Crippen LogP contribution in [0.5, 0.6) is 0 Å². The van der Waals surface area contributed by atoms with Crippen molar-refractivity contribution in [1.29, 1.82) is 0 Å². The first-order valence-electron chi connectivity index (χ1n) is 5.71. The minimum absolute atomic E-state index is 0.0565. The number of carboxylic acid groups (broad SMARTS) is 1. The molecule has 0 radical (unpaired) electrons. The fourth-order valence-corrected chi connectivity index (χ4v) is 2.04. The summed E-state index contributed by atoms with van der Waals surface area (Å²) in [6, 6.07) is 0. The van der Waals surface area contributed by atoms with Gasteiger partial charge in [-0.2, -0.15) is 0 Å². The number of aromatic nitrogens is 3. The molecule has 0 bridgehead atoms. The number of thioether (sulfide) groups is 1. The molecule has 7 heteroatoms. The van der Waals surface area contributed by atoms with E-state index in [-0.39, 0.29) is 17.8 Å². The summed E-state index contributed by atoms with van der Waals surface area (Å²) < 4.78 is 1.79. The molecule has 6 nitrogen and oxygen atoms in total. The van der Waals surface area contributed by atoms with Crippen LogP contribution in [0.2, 0.25) is 0 Å². The lowest BCUT2D eigenvalue weighted by Gasteiger charge is -2.19. The van der Waals surface area contributed by atoms with Gasteiger partial charge in [0.2, 0.25) is 0 Å². The molecule has 0 saturated carbocycles. The van der Waals surface area contributed by atoms with Crippen molar-refractivity contribution in [1.82, 2.24) is 14.8 Å². The Morgan fingerprint density at radius 2 is 2.06 bits per heavy atom. The predicted molar refractivity (Wildman–Crippen MR) is 68.4 cm³/mol. The van der Waals surface area contributed by atoms with E-state index in [9.17, 15) is 9.90 Å². The first-order chi connectivity index (χ1) is 8.33. The van der Waals surface area contributed by atoms with Gasteiger partial charge in [-0.05, 0) is 11.8 Å². The second kappa shape index (κ2) is 6.19. The summed E-state index contributed by atoms with van der Waals surface area (Å²) in [6.45, 7) is 6.86. The molecule has 1 heterocycles. The van der Waals surface area contributed by atoms with E-state index in [1.807, 2.05) is 0 Å². The SMILES string of the molecule is CC(C)(C)CCn1c(CO)nnc1SCC(=O)O. The predicted octanol–water partition coefficient (Wildman–Crippen LogP) is 1.38. The molecule has 0 fully saturated rings. The van der Waals surface area contributed by atoms with E-state index in [0.29, 0.717) is 17.5 Å². The van der Waals surface area contributed by atoms with Crippen molar-refractivity contribution in [2.75, 3.05) is 5.75 Å². The zero-order chi connectivity index (χ0) is 13.8. The number of carboxylic acids is 1. The normalized spacial score (nSPS) is 11.8. The van der Waals surface area contributed by atoms with Gasteiger partial charge in [-0.1, -0.05) is 32.5 Å². The van der Waals surface area contributed by atoms with Gasteiger partial charge in [-0.3, -0.25) is 4.79 Å². The van der Waals surface area contributed by atoms with Crippen LogP contribution in [0, 0.1) is 5.41 Å². The highest BCUT2D eigenvalue weighted by molar-refractivity contribution is 7.99. The Hall–Kier alpha value is -1.08. The zero-order valence-electron chi connectivity index (χ0n) is 10.9. The number of aliphatic carboxylic acids is 1. The molecule has 1 rings (SSSR count). The van der Waals surface area contributed by atoms with Gasteiger partial charge in [0.25, 0.3) is 0 Å². The fraction of sp³-hybridized carbons (Fsp3) is 0.727. The van der Waals surface area contributed by atoms with Crippen LogP contribution in [-0.2, 0) is 17.9 Å². The number of hydrogen-bond donors (Lipinski definition) is 2. The molecule has 0 aromatic carbocycles. The minimum atomic E-state index is -0.893. The molecule has 0 saturated heterocycles. The molecule has 0 aliphatic heterocycles. The molecule has 0 unspecified atom stereocenters. The minimum Gasteiger partial charge on any atom is -0.481 e. The Bertz CT molecular complexity index is 412. The molecule has 102 valence electrons. The molecule has 0 aliphatic rings. The molecule has 0 spiro atoms. The summed E-state index contributed by atoms with van der Waals surface area (Å²) in [5.41, 5.74) is 0.158. The van der Waals surface area contributed by atoms with Gasteiger partial charge in [0.15, 0.2) is 11.0 Å².